The van der Waals surface area contributed by atoms with Crippen molar-refractivity contribution in [3.63, 3.8) is 0 Å². The first kappa shape index (κ1) is 25.0. The number of unbranched alkanes of at least 4 members (excludes halogenated alkanes) is 3. The number of esters is 2. The van der Waals surface area contributed by atoms with E-state index in [9.17, 15) is 9.59 Å². The molecule has 0 aromatic carbocycles. The second-order valence-electron chi connectivity index (χ2n) is 8.67. The number of hydrogen-bond acceptors (Lipinski definition) is 8. The molecule has 0 amide bonds. The van der Waals surface area contributed by atoms with E-state index in [-0.39, 0.29) is 11.9 Å². The summed E-state index contributed by atoms with van der Waals surface area (Å²) in [5, 5.41) is 6.80. The molecule has 0 aromatic rings. The lowest BCUT2D eigenvalue weighted by atomic mass is 10.2. The summed E-state index contributed by atoms with van der Waals surface area (Å²) in [7, 11) is 0. The fraction of sp³-hybridized carbons (Fsp3) is 0.909. The SMILES string of the molecule is CC1CN(CCC(=O)OCCCCCCOC(=O)CCN2CCNC(C)C2)CCN1. The molecule has 0 radical (unpaired) electrons. The fourth-order valence-electron chi connectivity index (χ4n) is 4.00. The summed E-state index contributed by atoms with van der Waals surface area (Å²) in [6.07, 6.45) is 4.64. The minimum atomic E-state index is -0.103. The van der Waals surface area contributed by atoms with Gasteiger partial charge in [-0.15, -0.1) is 0 Å². The monoisotopic (exact) mass is 426 g/mol. The van der Waals surface area contributed by atoms with Crippen LogP contribution in [0.3, 0.4) is 0 Å². The molecule has 2 heterocycles. The Morgan fingerprint density at radius 1 is 0.767 bits per heavy atom. The molecule has 0 aliphatic carbocycles. The number of hydrogen-bond donors (Lipinski definition) is 2. The predicted octanol–water partition coefficient (Wildman–Crippen LogP) is 1.00. The van der Waals surface area contributed by atoms with E-state index in [1.54, 1.807) is 0 Å². The number of rotatable bonds is 13. The molecule has 0 saturated carbocycles. The third-order valence-electron chi connectivity index (χ3n) is 5.73. The Balaban J connectivity index is 1.35. The highest BCUT2D eigenvalue weighted by Crippen LogP contribution is 2.05. The molecule has 2 aliphatic rings. The quantitative estimate of drug-likeness (QED) is 0.333. The highest BCUT2D eigenvalue weighted by molar-refractivity contribution is 5.69. The Labute approximate surface area is 182 Å². The molecule has 0 spiro atoms. The maximum atomic E-state index is 11.8. The van der Waals surface area contributed by atoms with Crippen LogP contribution in [0.1, 0.15) is 52.4 Å². The molecule has 2 rings (SSSR count). The van der Waals surface area contributed by atoms with Gasteiger partial charge in [-0.05, 0) is 39.5 Å². The van der Waals surface area contributed by atoms with Crippen molar-refractivity contribution >= 4 is 11.9 Å². The van der Waals surface area contributed by atoms with Crippen LogP contribution < -0.4 is 10.6 Å². The van der Waals surface area contributed by atoms with Crippen LogP contribution in [0.15, 0.2) is 0 Å². The topological polar surface area (TPSA) is 83.1 Å². The van der Waals surface area contributed by atoms with E-state index in [1.165, 1.54) is 0 Å². The van der Waals surface area contributed by atoms with Gasteiger partial charge in [-0.25, -0.2) is 0 Å². The molecule has 2 unspecified atom stereocenters. The lowest BCUT2D eigenvalue weighted by Gasteiger charge is -2.31. The number of nitrogens with one attached hydrogen (secondary N) is 2. The minimum absolute atomic E-state index is 0.103. The van der Waals surface area contributed by atoms with Crippen molar-refractivity contribution in [2.45, 2.75) is 64.5 Å². The second-order valence-corrected chi connectivity index (χ2v) is 8.67. The molecular weight excluding hydrogens is 384 g/mol. The Morgan fingerprint density at radius 3 is 1.60 bits per heavy atom. The summed E-state index contributed by atoms with van der Waals surface area (Å²) in [6, 6.07) is 0.982. The Bertz CT molecular complexity index is 462. The van der Waals surface area contributed by atoms with Crippen LogP contribution in [0.2, 0.25) is 0 Å². The van der Waals surface area contributed by atoms with Crippen molar-refractivity contribution in [3.8, 4) is 0 Å². The zero-order chi connectivity index (χ0) is 21.6. The number of carbonyl (C=O) groups excluding carboxylic acids is 2. The molecular formula is C22H42N4O4. The summed E-state index contributed by atoms with van der Waals surface area (Å²) >= 11 is 0. The molecule has 30 heavy (non-hydrogen) atoms. The molecule has 174 valence electrons. The van der Waals surface area contributed by atoms with E-state index in [0.29, 0.717) is 38.1 Å². The number of ether oxygens (including phenoxy) is 2. The second kappa shape index (κ2) is 14.7. The van der Waals surface area contributed by atoms with E-state index in [0.717, 1.165) is 78.0 Å². The van der Waals surface area contributed by atoms with Crippen LogP contribution in [0.25, 0.3) is 0 Å². The lowest BCUT2D eigenvalue weighted by molar-refractivity contribution is -0.145. The third kappa shape index (κ3) is 11.2. The van der Waals surface area contributed by atoms with Gasteiger partial charge in [-0.1, -0.05) is 0 Å². The van der Waals surface area contributed by atoms with Crippen LogP contribution >= 0.6 is 0 Å². The van der Waals surface area contributed by atoms with Gasteiger partial charge in [-0.2, -0.15) is 0 Å². The van der Waals surface area contributed by atoms with Crippen molar-refractivity contribution in [2.24, 2.45) is 0 Å². The first-order chi connectivity index (χ1) is 14.5. The fourth-order valence-corrected chi connectivity index (χ4v) is 4.00. The largest absolute Gasteiger partial charge is 0.466 e. The van der Waals surface area contributed by atoms with Crippen LogP contribution in [0.4, 0.5) is 0 Å². The van der Waals surface area contributed by atoms with Gasteiger partial charge in [0.1, 0.15) is 0 Å². The Kier molecular flexibility index (Phi) is 12.3. The van der Waals surface area contributed by atoms with E-state index in [4.69, 9.17) is 9.47 Å². The third-order valence-corrected chi connectivity index (χ3v) is 5.73. The smallest absolute Gasteiger partial charge is 0.307 e. The zero-order valence-corrected chi connectivity index (χ0v) is 19.0. The van der Waals surface area contributed by atoms with Gasteiger partial charge >= 0.3 is 11.9 Å². The molecule has 2 N–H and O–H groups in total. The standard InChI is InChI=1S/C22H42N4O4/c1-19-17-25(13-9-23-19)11-7-21(27)29-15-5-3-4-6-16-30-22(28)8-12-26-14-10-24-20(2)18-26/h19-20,23-24H,3-18H2,1-2H3. The minimum Gasteiger partial charge on any atom is -0.466 e. The van der Waals surface area contributed by atoms with Gasteiger partial charge in [0.15, 0.2) is 0 Å². The van der Waals surface area contributed by atoms with Gasteiger partial charge < -0.3 is 20.1 Å². The highest BCUT2D eigenvalue weighted by Gasteiger charge is 2.17. The molecule has 0 aromatic heterocycles. The maximum Gasteiger partial charge on any atom is 0.307 e. The van der Waals surface area contributed by atoms with Crippen LogP contribution in [0.5, 0.6) is 0 Å². The Morgan fingerprint density at radius 2 is 1.20 bits per heavy atom. The van der Waals surface area contributed by atoms with Crippen molar-refractivity contribution in [1.29, 1.82) is 0 Å². The van der Waals surface area contributed by atoms with Crippen LogP contribution in [-0.4, -0.2) is 99.4 Å². The van der Waals surface area contributed by atoms with E-state index in [1.807, 2.05) is 0 Å². The number of carbonyl (C=O) groups is 2. The highest BCUT2D eigenvalue weighted by atomic mass is 16.5. The lowest BCUT2D eigenvalue weighted by Crippen LogP contribution is -2.49. The van der Waals surface area contributed by atoms with E-state index in [2.05, 4.69) is 34.3 Å². The summed E-state index contributed by atoms with van der Waals surface area (Å²) < 4.78 is 10.7. The molecule has 2 fully saturated rings. The molecule has 8 heteroatoms. The van der Waals surface area contributed by atoms with Crippen molar-refractivity contribution in [3.05, 3.63) is 0 Å². The molecule has 0 bridgehead atoms. The normalized spacial score (nSPS) is 23.3. The van der Waals surface area contributed by atoms with Gasteiger partial charge in [0.25, 0.3) is 0 Å². The first-order valence-electron chi connectivity index (χ1n) is 11.8. The van der Waals surface area contributed by atoms with Gasteiger partial charge in [-0.3, -0.25) is 19.4 Å². The predicted molar refractivity (Wildman–Crippen MR) is 117 cm³/mol. The van der Waals surface area contributed by atoms with Gasteiger partial charge in [0, 0.05) is 64.4 Å². The van der Waals surface area contributed by atoms with Crippen LogP contribution in [-0.2, 0) is 19.1 Å². The van der Waals surface area contributed by atoms with Crippen molar-refractivity contribution in [1.82, 2.24) is 20.4 Å². The summed E-state index contributed by atoms with van der Waals surface area (Å²) in [6.45, 7) is 12.8. The van der Waals surface area contributed by atoms with Gasteiger partial charge in [0.05, 0.1) is 26.1 Å². The molecule has 2 atom stereocenters. The van der Waals surface area contributed by atoms with E-state index < -0.39 is 0 Å². The van der Waals surface area contributed by atoms with Crippen LogP contribution in [0, 0.1) is 0 Å². The summed E-state index contributed by atoms with van der Waals surface area (Å²) in [4.78, 5) is 28.3. The van der Waals surface area contributed by atoms with Crippen molar-refractivity contribution in [2.75, 3.05) is 65.6 Å². The summed E-state index contributed by atoms with van der Waals surface area (Å²) in [5.41, 5.74) is 0. The van der Waals surface area contributed by atoms with Gasteiger partial charge in [0.2, 0.25) is 0 Å². The first-order valence-corrected chi connectivity index (χ1v) is 11.8. The van der Waals surface area contributed by atoms with E-state index >= 15 is 0 Å². The average molecular weight is 427 g/mol. The number of piperazine rings is 2. The Hall–Kier alpha value is -1.22. The molecule has 2 saturated heterocycles. The summed E-state index contributed by atoms with van der Waals surface area (Å²) in [5.74, 6) is -0.206. The average Bonchev–Trinajstić information content (AvgIpc) is 2.73. The molecule has 8 nitrogen and oxygen atoms in total. The maximum absolute atomic E-state index is 11.8. The number of nitrogens with zero attached hydrogens (tertiary/aromatic N) is 2. The molecule has 2 aliphatic heterocycles. The zero-order valence-electron chi connectivity index (χ0n) is 19.0. The van der Waals surface area contributed by atoms with Crippen molar-refractivity contribution < 1.29 is 19.1 Å².